The van der Waals surface area contributed by atoms with E-state index in [4.69, 9.17) is 0 Å². The first-order valence-corrected chi connectivity index (χ1v) is 9.65. The third kappa shape index (κ3) is 4.29. The summed E-state index contributed by atoms with van der Waals surface area (Å²) in [5.41, 5.74) is 1.02. The Morgan fingerprint density at radius 2 is 1.96 bits per heavy atom. The molecule has 1 aliphatic rings. The van der Waals surface area contributed by atoms with Gasteiger partial charge in [0, 0.05) is 17.0 Å². The van der Waals surface area contributed by atoms with Crippen molar-refractivity contribution in [1.82, 2.24) is 9.78 Å². The fourth-order valence-electron chi connectivity index (χ4n) is 3.08. The zero-order valence-corrected chi connectivity index (χ0v) is 14.8. The van der Waals surface area contributed by atoms with Gasteiger partial charge in [-0.1, -0.05) is 31.4 Å². The second-order valence-electron chi connectivity index (χ2n) is 6.05. The predicted molar refractivity (Wildman–Crippen MR) is 100 cm³/mol. The molecular weight excluding hydrogens is 318 g/mol. The van der Waals surface area contributed by atoms with E-state index in [1.54, 1.807) is 24.0 Å². The van der Waals surface area contributed by atoms with Crippen LogP contribution in [0.25, 0.3) is 6.08 Å². The van der Waals surface area contributed by atoms with Gasteiger partial charge in [-0.15, -0.1) is 11.8 Å². The molecule has 0 saturated heterocycles. The van der Waals surface area contributed by atoms with Crippen LogP contribution in [0.2, 0.25) is 0 Å². The van der Waals surface area contributed by atoms with Crippen molar-refractivity contribution in [3.05, 3.63) is 48.2 Å². The lowest BCUT2D eigenvalue weighted by Crippen LogP contribution is -2.19. The number of anilines is 1. The van der Waals surface area contributed by atoms with Crippen molar-refractivity contribution >= 4 is 29.6 Å². The zero-order chi connectivity index (χ0) is 16.8. The van der Waals surface area contributed by atoms with Crippen molar-refractivity contribution in [2.24, 2.45) is 0 Å². The average molecular weight is 341 g/mol. The molecule has 1 aromatic heterocycles. The summed E-state index contributed by atoms with van der Waals surface area (Å²) in [6, 6.07) is 10.4. The number of carbonyl (C=O) groups excluding carboxylic acids is 1. The van der Waals surface area contributed by atoms with Crippen LogP contribution in [0.3, 0.4) is 0 Å². The fourth-order valence-corrected chi connectivity index (χ4v) is 3.49. The maximum absolute atomic E-state index is 12.2. The van der Waals surface area contributed by atoms with Crippen LogP contribution in [0.4, 0.5) is 5.82 Å². The van der Waals surface area contributed by atoms with Gasteiger partial charge in [0.15, 0.2) is 0 Å². The molecule has 3 rings (SSSR count). The van der Waals surface area contributed by atoms with Crippen LogP contribution < -0.4 is 5.32 Å². The summed E-state index contributed by atoms with van der Waals surface area (Å²) in [6.45, 7) is 0. The van der Waals surface area contributed by atoms with Crippen molar-refractivity contribution in [3.63, 3.8) is 0 Å². The highest BCUT2D eigenvalue weighted by molar-refractivity contribution is 7.98. The molecule has 2 aromatic rings. The topological polar surface area (TPSA) is 46.9 Å². The highest BCUT2D eigenvalue weighted by Crippen LogP contribution is 2.29. The van der Waals surface area contributed by atoms with E-state index in [-0.39, 0.29) is 5.91 Å². The maximum Gasteiger partial charge on any atom is 0.249 e. The minimum atomic E-state index is -0.124. The molecule has 0 radical (unpaired) electrons. The number of rotatable bonds is 5. The fraction of sp³-hybridized carbons (Fsp3) is 0.368. The molecule has 1 N–H and O–H groups in total. The van der Waals surface area contributed by atoms with Gasteiger partial charge >= 0.3 is 0 Å². The molecule has 0 spiro atoms. The Bertz CT molecular complexity index is 700. The lowest BCUT2D eigenvalue weighted by atomic mass is 9.96. The molecule has 1 aliphatic carbocycles. The van der Waals surface area contributed by atoms with E-state index < -0.39 is 0 Å². The first-order valence-electron chi connectivity index (χ1n) is 8.43. The summed E-state index contributed by atoms with van der Waals surface area (Å²) in [4.78, 5) is 13.4. The third-order valence-corrected chi connectivity index (χ3v) is 5.13. The normalized spacial score (nSPS) is 15.7. The van der Waals surface area contributed by atoms with Gasteiger partial charge in [-0.05, 0) is 42.9 Å². The number of nitrogens with zero attached hydrogens (tertiary/aromatic N) is 2. The van der Waals surface area contributed by atoms with Gasteiger partial charge in [-0.2, -0.15) is 5.10 Å². The van der Waals surface area contributed by atoms with Gasteiger partial charge in [-0.3, -0.25) is 4.79 Å². The molecule has 1 heterocycles. The Balaban J connectivity index is 1.62. The Kier molecular flexibility index (Phi) is 5.75. The van der Waals surface area contributed by atoms with Crippen LogP contribution in [-0.4, -0.2) is 21.9 Å². The van der Waals surface area contributed by atoms with Gasteiger partial charge < -0.3 is 5.32 Å². The summed E-state index contributed by atoms with van der Waals surface area (Å²) >= 11 is 1.71. The Morgan fingerprint density at radius 3 is 2.67 bits per heavy atom. The maximum atomic E-state index is 12.2. The van der Waals surface area contributed by atoms with E-state index in [9.17, 15) is 4.79 Å². The van der Waals surface area contributed by atoms with E-state index in [0.29, 0.717) is 6.04 Å². The Labute approximate surface area is 147 Å². The molecule has 4 nitrogen and oxygen atoms in total. The lowest BCUT2D eigenvalue weighted by Gasteiger charge is -2.23. The molecule has 126 valence electrons. The van der Waals surface area contributed by atoms with Gasteiger partial charge in [0.05, 0.1) is 12.2 Å². The van der Waals surface area contributed by atoms with E-state index >= 15 is 0 Å². The molecule has 0 bridgehead atoms. The molecule has 1 aromatic carbocycles. The summed E-state index contributed by atoms with van der Waals surface area (Å²) in [5, 5.41) is 7.36. The zero-order valence-electron chi connectivity index (χ0n) is 13.9. The number of benzene rings is 1. The van der Waals surface area contributed by atoms with Crippen LogP contribution in [-0.2, 0) is 4.79 Å². The number of aromatic nitrogens is 2. The standard InChI is InChI=1S/C19H23N3OS/c1-24-17-10-7-15(8-11-17)9-12-19(23)21-18-13-14-20-22(18)16-5-3-2-4-6-16/h7-14,16H,2-6H2,1H3,(H,21,23)/b12-9+. The Hall–Kier alpha value is -2.01. The van der Waals surface area contributed by atoms with Gasteiger partial charge in [0.25, 0.3) is 0 Å². The van der Waals surface area contributed by atoms with Crippen LogP contribution in [0.15, 0.2) is 47.5 Å². The van der Waals surface area contributed by atoms with Crippen LogP contribution in [0, 0.1) is 0 Å². The van der Waals surface area contributed by atoms with E-state index in [1.165, 1.54) is 24.2 Å². The number of amides is 1. The highest BCUT2D eigenvalue weighted by atomic mass is 32.2. The largest absolute Gasteiger partial charge is 0.307 e. The van der Waals surface area contributed by atoms with Crippen molar-refractivity contribution in [2.75, 3.05) is 11.6 Å². The third-order valence-electron chi connectivity index (χ3n) is 4.39. The predicted octanol–water partition coefficient (Wildman–Crippen LogP) is 4.76. The smallest absolute Gasteiger partial charge is 0.249 e. The second-order valence-corrected chi connectivity index (χ2v) is 6.93. The molecule has 1 saturated carbocycles. The highest BCUT2D eigenvalue weighted by Gasteiger charge is 2.18. The minimum Gasteiger partial charge on any atom is -0.307 e. The quantitative estimate of drug-likeness (QED) is 0.630. The summed E-state index contributed by atoms with van der Waals surface area (Å²) in [5.74, 6) is 0.663. The number of hydrogen-bond acceptors (Lipinski definition) is 3. The van der Waals surface area contributed by atoms with Gasteiger partial charge in [0.2, 0.25) is 5.91 Å². The summed E-state index contributed by atoms with van der Waals surface area (Å²) < 4.78 is 1.97. The molecule has 1 fully saturated rings. The SMILES string of the molecule is CSc1ccc(/C=C/C(=O)Nc2ccnn2C2CCCCC2)cc1. The second kappa shape index (κ2) is 8.20. The Morgan fingerprint density at radius 1 is 1.21 bits per heavy atom. The van der Waals surface area contributed by atoms with Crippen LogP contribution >= 0.6 is 11.8 Å². The van der Waals surface area contributed by atoms with E-state index in [0.717, 1.165) is 24.2 Å². The number of carbonyl (C=O) groups is 1. The van der Waals surface area contributed by atoms with Crippen LogP contribution in [0.5, 0.6) is 0 Å². The van der Waals surface area contributed by atoms with Crippen molar-refractivity contribution < 1.29 is 4.79 Å². The van der Waals surface area contributed by atoms with Gasteiger partial charge in [-0.25, -0.2) is 4.68 Å². The summed E-state index contributed by atoms with van der Waals surface area (Å²) in [7, 11) is 0. The van der Waals surface area contributed by atoms with Crippen LogP contribution in [0.1, 0.15) is 43.7 Å². The molecule has 0 aliphatic heterocycles. The average Bonchev–Trinajstić information content (AvgIpc) is 3.09. The first-order chi connectivity index (χ1) is 11.8. The minimum absolute atomic E-state index is 0.124. The molecule has 0 atom stereocenters. The van der Waals surface area contributed by atoms with Crippen molar-refractivity contribution in [1.29, 1.82) is 0 Å². The molecule has 1 amide bonds. The molecule has 0 unspecified atom stereocenters. The monoisotopic (exact) mass is 341 g/mol. The summed E-state index contributed by atoms with van der Waals surface area (Å²) in [6.07, 6.45) is 13.3. The molecule has 5 heteroatoms. The van der Waals surface area contributed by atoms with Crippen molar-refractivity contribution in [3.8, 4) is 0 Å². The number of nitrogens with one attached hydrogen (secondary N) is 1. The van der Waals surface area contributed by atoms with Gasteiger partial charge in [0.1, 0.15) is 5.82 Å². The lowest BCUT2D eigenvalue weighted by molar-refractivity contribution is -0.111. The van der Waals surface area contributed by atoms with E-state index in [1.807, 2.05) is 35.2 Å². The molecular formula is C19H23N3OS. The van der Waals surface area contributed by atoms with E-state index in [2.05, 4.69) is 22.5 Å². The number of thioether (sulfide) groups is 1. The first kappa shape index (κ1) is 16.8. The molecule has 24 heavy (non-hydrogen) atoms. The van der Waals surface area contributed by atoms with Crippen molar-refractivity contribution in [2.45, 2.75) is 43.0 Å². The number of hydrogen-bond donors (Lipinski definition) is 1.